The number of aromatic nitrogens is 2. The van der Waals surface area contributed by atoms with Crippen LogP contribution in [-0.4, -0.2) is 15.8 Å². The van der Waals surface area contributed by atoms with Crippen LogP contribution in [0, 0.1) is 0 Å². The van der Waals surface area contributed by atoms with Crippen molar-refractivity contribution in [3.05, 3.63) is 42.5 Å². The predicted octanol–water partition coefficient (Wildman–Crippen LogP) is 3.03. The summed E-state index contributed by atoms with van der Waals surface area (Å²) >= 11 is 0. The van der Waals surface area contributed by atoms with Gasteiger partial charge in [0.15, 0.2) is 11.6 Å². The molecule has 0 saturated heterocycles. The van der Waals surface area contributed by atoms with Gasteiger partial charge < -0.3 is 9.40 Å². The number of furan rings is 1. The molecule has 0 unspecified atom stereocenters. The largest absolute Gasteiger partial charge is 0.464 e. The number of H-pyrrole nitrogens is 1. The zero-order chi connectivity index (χ0) is 11.8. The van der Waals surface area contributed by atoms with Gasteiger partial charge >= 0.3 is 0 Å². The van der Waals surface area contributed by atoms with Crippen molar-refractivity contribution in [3.63, 3.8) is 0 Å². The lowest BCUT2D eigenvalue weighted by Gasteiger charge is -1.92. The van der Waals surface area contributed by atoms with Gasteiger partial charge in [-0.15, -0.1) is 0 Å². The number of nitrogens with zero attached hydrogens (tertiary/aromatic N) is 1. The second kappa shape index (κ2) is 3.59. The normalized spacial score (nSPS) is 10.9. The van der Waals surface area contributed by atoms with Crippen LogP contribution in [0.25, 0.3) is 22.2 Å². The van der Waals surface area contributed by atoms with Crippen molar-refractivity contribution in [2.45, 2.75) is 6.92 Å². The number of para-hydroxylation sites is 1. The molecule has 0 spiro atoms. The van der Waals surface area contributed by atoms with Gasteiger partial charge in [0.2, 0.25) is 0 Å². The highest BCUT2D eigenvalue weighted by molar-refractivity contribution is 5.95. The minimum Gasteiger partial charge on any atom is -0.464 e. The van der Waals surface area contributed by atoms with E-state index in [0.717, 1.165) is 22.2 Å². The first kappa shape index (κ1) is 9.84. The second-order valence-corrected chi connectivity index (χ2v) is 3.85. The van der Waals surface area contributed by atoms with Gasteiger partial charge in [-0.3, -0.25) is 4.79 Å². The van der Waals surface area contributed by atoms with Crippen LogP contribution in [0.1, 0.15) is 17.5 Å². The smallest absolute Gasteiger partial charge is 0.194 e. The maximum atomic E-state index is 11.2. The number of imidazole rings is 1. The molecule has 0 aliphatic rings. The standard InChI is InChI=1S/C13H10N2O2/c1-8(16)13-14-6-11(15-13)10-7-17-12-5-3-2-4-9(10)12/h2-7H,1H3,(H,14,15). The van der Waals surface area contributed by atoms with E-state index in [-0.39, 0.29) is 5.78 Å². The van der Waals surface area contributed by atoms with Gasteiger partial charge in [-0.25, -0.2) is 4.98 Å². The van der Waals surface area contributed by atoms with E-state index >= 15 is 0 Å². The van der Waals surface area contributed by atoms with Gasteiger partial charge in [-0.1, -0.05) is 18.2 Å². The van der Waals surface area contributed by atoms with Crippen molar-refractivity contribution < 1.29 is 9.21 Å². The topological polar surface area (TPSA) is 58.9 Å². The Labute approximate surface area is 97.3 Å². The van der Waals surface area contributed by atoms with Gasteiger partial charge in [-0.05, 0) is 6.07 Å². The maximum Gasteiger partial charge on any atom is 0.194 e. The maximum absolute atomic E-state index is 11.2. The molecule has 0 fully saturated rings. The highest BCUT2D eigenvalue weighted by Gasteiger charge is 2.11. The lowest BCUT2D eigenvalue weighted by molar-refractivity contribution is 0.100. The lowest BCUT2D eigenvalue weighted by Crippen LogP contribution is -1.93. The molecule has 1 aromatic carbocycles. The Balaban J connectivity index is 2.17. The summed E-state index contributed by atoms with van der Waals surface area (Å²) in [5, 5.41) is 1.01. The number of aromatic amines is 1. The molecular formula is C13H10N2O2. The number of rotatable bonds is 2. The van der Waals surface area contributed by atoms with Crippen LogP contribution in [0.5, 0.6) is 0 Å². The molecule has 0 radical (unpaired) electrons. The number of Topliss-reactive ketones (excluding diaryl/α,β-unsaturated/α-hetero) is 1. The molecule has 4 nitrogen and oxygen atoms in total. The molecule has 0 saturated carbocycles. The van der Waals surface area contributed by atoms with Crippen molar-refractivity contribution in [2.24, 2.45) is 0 Å². The molecule has 0 aliphatic carbocycles. The third-order valence-electron chi connectivity index (χ3n) is 2.68. The van der Waals surface area contributed by atoms with E-state index in [0.29, 0.717) is 5.82 Å². The Hall–Kier alpha value is -2.36. The van der Waals surface area contributed by atoms with Crippen molar-refractivity contribution in [3.8, 4) is 11.3 Å². The van der Waals surface area contributed by atoms with E-state index in [1.807, 2.05) is 24.3 Å². The number of hydrogen-bond acceptors (Lipinski definition) is 3. The highest BCUT2D eigenvalue weighted by Crippen LogP contribution is 2.29. The minimum absolute atomic E-state index is 0.0796. The SMILES string of the molecule is CC(=O)c1ncc(-c2coc3ccccc23)[nH]1. The van der Waals surface area contributed by atoms with Crippen molar-refractivity contribution in [2.75, 3.05) is 0 Å². The molecule has 0 atom stereocenters. The van der Waals surface area contributed by atoms with Crippen molar-refractivity contribution in [1.82, 2.24) is 9.97 Å². The van der Waals surface area contributed by atoms with Gasteiger partial charge in [0.25, 0.3) is 0 Å². The second-order valence-electron chi connectivity index (χ2n) is 3.85. The molecule has 84 valence electrons. The number of carbonyl (C=O) groups excluding carboxylic acids is 1. The summed E-state index contributed by atoms with van der Waals surface area (Å²) in [5.74, 6) is 0.286. The summed E-state index contributed by atoms with van der Waals surface area (Å²) in [4.78, 5) is 18.2. The van der Waals surface area contributed by atoms with E-state index in [1.165, 1.54) is 6.92 Å². The Bertz CT molecular complexity index is 694. The monoisotopic (exact) mass is 226 g/mol. The van der Waals surface area contributed by atoms with Crippen LogP contribution >= 0.6 is 0 Å². The fraction of sp³-hybridized carbons (Fsp3) is 0.0769. The number of nitrogens with one attached hydrogen (secondary N) is 1. The van der Waals surface area contributed by atoms with Crippen LogP contribution in [0.15, 0.2) is 41.1 Å². The molecule has 3 rings (SSSR count). The average Bonchev–Trinajstić information content (AvgIpc) is 2.95. The van der Waals surface area contributed by atoms with Crippen LogP contribution in [0.2, 0.25) is 0 Å². The fourth-order valence-corrected chi connectivity index (χ4v) is 1.82. The van der Waals surface area contributed by atoms with Crippen LogP contribution in [0.3, 0.4) is 0 Å². The summed E-state index contributed by atoms with van der Waals surface area (Å²) in [6.07, 6.45) is 3.32. The molecule has 17 heavy (non-hydrogen) atoms. The first-order valence-electron chi connectivity index (χ1n) is 5.28. The molecule has 0 aliphatic heterocycles. The zero-order valence-corrected chi connectivity index (χ0v) is 9.23. The van der Waals surface area contributed by atoms with Gasteiger partial charge in [0.1, 0.15) is 11.8 Å². The Morgan fingerprint density at radius 2 is 2.18 bits per heavy atom. The Kier molecular flexibility index (Phi) is 2.08. The Morgan fingerprint density at radius 3 is 2.94 bits per heavy atom. The lowest BCUT2D eigenvalue weighted by atomic mass is 10.1. The fourth-order valence-electron chi connectivity index (χ4n) is 1.82. The highest BCUT2D eigenvalue weighted by atomic mass is 16.3. The number of carbonyl (C=O) groups is 1. The summed E-state index contributed by atoms with van der Waals surface area (Å²) in [6.45, 7) is 1.48. The molecule has 3 aromatic rings. The number of ketones is 1. The quantitative estimate of drug-likeness (QED) is 0.683. The summed E-state index contributed by atoms with van der Waals surface area (Å²) in [6, 6.07) is 7.75. The van der Waals surface area contributed by atoms with E-state index in [2.05, 4.69) is 9.97 Å². The molecule has 1 N–H and O–H groups in total. The third kappa shape index (κ3) is 1.54. The van der Waals surface area contributed by atoms with E-state index in [9.17, 15) is 4.79 Å². The average molecular weight is 226 g/mol. The van der Waals surface area contributed by atoms with Gasteiger partial charge in [0.05, 0.1) is 11.9 Å². The molecule has 2 heterocycles. The summed E-state index contributed by atoms with van der Waals surface area (Å²) in [5.41, 5.74) is 2.53. The minimum atomic E-state index is -0.0796. The molecular weight excluding hydrogens is 216 g/mol. The molecule has 0 bridgehead atoms. The van der Waals surface area contributed by atoms with Crippen molar-refractivity contribution in [1.29, 1.82) is 0 Å². The zero-order valence-electron chi connectivity index (χ0n) is 9.23. The van der Waals surface area contributed by atoms with E-state index in [1.54, 1.807) is 12.5 Å². The Morgan fingerprint density at radius 1 is 1.35 bits per heavy atom. The first-order chi connectivity index (χ1) is 8.25. The van der Waals surface area contributed by atoms with Gasteiger partial charge in [0, 0.05) is 17.9 Å². The van der Waals surface area contributed by atoms with E-state index in [4.69, 9.17) is 4.42 Å². The summed E-state index contributed by atoms with van der Waals surface area (Å²) in [7, 11) is 0. The molecule has 0 amide bonds. The summed E-state index contributed by atoms with van der Waals surface area (Å²) < 4.78 is 5.44. The van der Waals surface area contributed by atoms with Crippen LogP contribution < -0.4 is 0 Å². The number of hydrogen-bond donors (Lipinski definition) is 1. The predicted molar refractivity (Wildman–Crippen MR) is 63.8 cm³/mol. The van der Waals surface area contributed by atoms with E-state index < -0.39 is 0 Å². The number of benzene rings is 1. The first-order valence-corrected chi connectivity index (χ1v) is 5.28. The van der Waals surface area contributed by atoms with Crippen LogP contribution in [0.4, 0.5) is 0 Å². The third-order valence-corrected chi connectivity index (χ3v) is 2.68. The molecule has 2 aromatic heterocycles. The van der Waals surface area contributed by atoms with Crippen molar-refractivity contribution >= 4 is 16.8 Å². The molecule has 4 heteroatoms. The van der Waals surface area contributed by atoms with Crippen LogP contribution in [-0.2, 0) is 0 Å². The van der Waals surface area contributed by atoms with Gasteiger partial charge in [-0.2, -0.15) is 0 Å². The number of fused-ring (bicyclic) bond motifs is 1.